The molecule has 10 nitrogen and oxygen atoms in total. The van der Waals surface area contributed by atoms with E-state index in [1.807, 2.05) is 0 Å². The zero-order valence-electron chi connectivity index (χ0n) is 12.6. The molecule has 24 heavy (non-hydrogen) atoms. The number of fused-ring (bicyclic) bond motifs is 1. The minimum absolute atomic E-state index is 0.0270. The second-order valence-corrected chi connectivity index (χ2v) is 5.71. The molecule has 0 spiro atoms. The third-order valence-electron chi connectivity index (χ3n) is 4.21. The summed E-state index contributed by atoms with van der Waals surface area (Å²) in [5, 5.41) is 3.02. The predicted octanol–water partition coefficient (Wildman–Crippen LogP) is 0.758. The molecule has 3 aliphatic rings. The molecule has 5 unspecified atom stereocenters. The van der Waals surface area contributed by atoms with Crippen molar-refractivity contribution in [3.63, 3.8) is 0 Å². The number of rotatable bonds is 7. The van der Waals surface area contributed by atoms with E-state index in [4.69, 9.17) is 24.5 Å². The summed E-state index contributed by atoms with van der Waals surface area (Å²) in [5.74, 6) is -1.86. The standard InChI is InChI=1S/C14H15N3O7/c1-6(16-17-15)13(19)21-4-2-3-9(18)23-11-8-5-7-10(22-8)12(11)24-14(7)20/h7-8,10-12H,1-5H2. The van der Waals surface area contributed by atoms with Crippen LogP contribution in [0.2, 0.25) is 0 Å². The summed E-state index contributed by atoms with van der Waals surface area (Å²) in [6, 6.07) is 0. The van der Waals surface area contributed by atoms with Gasteiger partial charge in [-0.2, -0.15) is 0 Å². The van der Waals surface area contributed by atoms with Gasteiger partial charge in [-0.15, -0.1) is 0 Å². The molecular weight excluding hydrogens is 322 g/mol. The zero-order chi connectivity index (χ0) is 17.3. The lowest BCUT2D eigenvalue weighted by molar-refractivity contribution is -0.161. The maximum Gasteiger partial charge on any atom is 0.339 e. The fourth-order valence-electron chi connectivity index (χ4n) is 3.15. The first kappa shape index (κ1) is 16.3. The van der Waals surface area contributed by atoms with Crippen molar-refractivity contribution in [1.29, 1.82) is 0 Å². The molecule has 0 saturated carbocycles. The smallest absolute Gasteiger partial charge is 0.339 e. The van der Waals surface area contributed by atoms with E-state index in [-0.39, 0.29) is 49.2 Å². The molecule has 0 aliphatic carbocycles. The molecule has 0 radical (unpaired) electrons. The molecule has 0 aromatic heterocycles. The number of carbonyl (C=O) groups is 3. The highest BCUT2D eigenvalue weighted by Gasteiger charge is 2.65. The molecule has 10 heteroatoms. The average Bonchev–Trinajstić information content (AvgIpc) is 3.16. The summed E-state index contributed by atoms with van der Waals surface area (Å²) in [6.45, 7) is 3.19. The van der Waals surface area contributed by atoms with Gasteiger partial charge in [-0.1, -0.05) is 11.7 Å². The summed E-state index contributed by atoms with van der Waals surface area (Å²) in [4.78, 5) is 37.2. The van der Waals surface area contributed by atoms with Crippen LogP contribution in [0, 0.1) is 5.92 Å². The highest BCUT2D eigenvalue weighted by Crippen LogP contribution is 2.47. The van der Waals surface area contributed by atoms with Gasteiger partial charge in [0.25, 0.3) is 0 Å². The van der Waals surface area contributed by atoms with Crippen LogP contribution in [0.15, 0.2) is 17.4 Å². The molecule has 3 rings (SSSR count). The quantitative estimate of drug-likeness (QED) is 0.127. The van der Waals surface area contributed by atoms with Crippen molar-refractivity contribution < 1.29 is 33.3 Å². The van der Waals surface area contributed by atoms with Crippen molar-refractivity contribution in [3.8, 4) is 0 Å². The summed E-state index contributed by atoms with van der Waals surface area (Å²) in [5.41, 5.74) is 7.81. The first-order valence-corrected chi connectivity index (χ1v) is 7.48. The Kier molecular flexibility index (Phi) is 4.41. The molecule has 128 valence electrons. The largest absolute Gasteiger partial charge is 0.462 e. The van der Waals surface area contributed by atoms with E-state index >= 15 is 0 Å². The molecule has 0 aromatic carbocycles. The van der Waals surface area contributed by atoms with Gasteiger partial charge in [0.05, 0.1) is 18.6 Å². The van der Waals surface area contributed by atoms with Gasteiger partial charge in [0, 0.05) is 11.3 Å². The second-order valence-electron chi connectivity index (χ2n) is 5.71. The summed E-state index contributed by atoms with van der Waals surface area (Å²) in [6.07, 6.45) is -0.926. The Morgan fingerprint density at radius 1 is 1.42 bits per heavy atom. The second kappa shape index (κ2) is 6.50. The lowest BCUT2D eigenvalue weighted by atomic mass is 9.88. The highest BCUT2D eigenvalue weighted by molar-refractivity contribution is 5.87. The molecule has 5 atom stereocenters. The molecule has 0 amide bonds. The van der Waals surface area contributed by atoms with E-state index in [1.165, 1.54) is 0 Å². The number of hydrogen-bond acceptors (Lipinski definition) is 8. The van der Waals surface area contributed by atoms with Crippen LogP contribution >= 0.6 is 0 Å². The van der Waals surface area contributed by atoms with Crippen LogP contribution in [-0.2, 0) is 33.3 Å². The Labute approximate surface area is 136 Å². The van der Waals surface area contributed by atoms with Crippen molar-refractivity contribution in [2.24, 2.45) is 11.0 Å². The van der Waals surface area contributed by atoms with Gasteiger partial charge in [0.1, 0.15) is 11.8 Å². The molecular formula is C14H15N3O7. The Balaban J connectivity index is 1.38. The number of carbonyl (C=O) groups excluding carboxylic acids is 3. The third-order valence-corrected chi connectivity index (χ3v) is 4.21. The van der Waals surface area contributed by atoms with E-state index in [9.17, 15) is 14.4 Å². The first-order chi connectivity index (χ1) is 11.5. The third kappa shape index (κ3) is 2.93. The average molecular weight is 337 g/mol. The topological polar surface area (TPSA) is 137 Å². The van der Waals surface area contributed by atoms with Crippen LogP contribution in [0.5, 0.6) is 0 Å². The lowest BCUT2D eigenvalue weighted by Gasteiger charge is -2.22. The summed E-state index contributed by atoms with van der Waals surface area (Å²) < 4.78 is 20.9. The molecule has 3 heterocycles. The van der Waals surface area contributed by atoms with Crippen LogP contribution in [0.25, 0.3) is 10.4 Å². The van der Waals surface area contributed by atoms with Crippen molar-refractivity contribution in [2.45, 2.75) is 43.7 Å². The van der Waals surface area contributed by atoms with Crippen molar-refractivity contribution in [3.05, 3.63) is 22.7 Å². The fourth-order valence-corrected chi connectivity index (χ4v) is 3.15. The van der Waals surface area contributed by atoms with Gasteiger partial charge in [-0.25, -0.2) is 4.79 Å². The van der Waals surface area contributed by atoms with Crippen molar-refractivity contribution >= 4 is 17.9 Å². The number of azide groups is 1. The van der Waals surface area contributed by atoms with Gasteiger partial charge in [-0.05, 0) is 18.4 Å². The number of ether oxygens (including phenoxy) is 4. The Hall–Kier alpha value is -2.58. The molecule has 0 N–H and O–H groups in total. The van der Waals surface area contributed by atoms with E-state index in [1.54, 1.807) is 0 Å². The van der Waals surface area contributed by atoms with Crippen LogP contribution in [0.4, 0.5) is 0 Å². The fraction of sp³-hybridized carbons (Fsp3) is 0.643. The van der Waals surface area contributed by atoms with Gasteiger partial charge >= 0.3 is 17.9 Å². The van der Waals surface area contributed by atoms with E-state index in [0.29, 0.717) is 6.42 Å². The Morgan fingerprint density at radius 2 is 2.21 bits per heavy atom. The highest BCUT2D eigenvalue weighted by atomic mass is 16.7. The Bertz CT molecular complexity index is 642. The first-order valence-electron chi connectivity index (χ1n) is 7.48. The lowest BCUT2D eigenvalue weighted by Crippen LogP contribution is -2.40. The van der Waals surface area contributed by atoms with E-state index in [2.05, 4.69) is 16.6 Å². The van der Waals surface area contributed by atoms with Crippen molar-refractivity contribution in [2.75, 3.05) is 6.61 Å². The van der Waals surface area contributed by atoms with E-state index in [0.717, 1.165) is 0 Å². The van der Waals surface area contributed by atoms with Gasteiger partial charge < -0.3 is 18.9 Å². The van der Waals surface area contributed by atoms with Gasteiger partial charge in [0.15, 0.2) is 12.2 Å². The molecule has 2 bridgehead atoms. The maximum atomic E-state index is 11.9. The molecule has 3 fully saturated rings. The molecule has 0 aromatic rings. The zero-order valence-corrected chi connectivity index (χ0v) is 12.6. The minimum Gasteiger partial charge on any atom is -0.462 e. The van der Waals surface area contributed by atoms with Crippen LogP contribution in [0.1, 0.15) is 19.3 Å². The van der Waals surface area contributed by atoms with Crippen LogP contribution < -0.4 is 0 Å². The molecule has 3 saturated heterocycles. The molecule has 3 aliphatic heterocycles. The predicted molar refractivity (Wildman–Crippen MR) is 75.0 cm³/mol. The minimum atomic E-state index is -0.841. The number of hydrogen-bond donors (Lipinski definition) is 0. The van der Waals surface area contributed by atoms with Crippen molar-refractivity contribution in [1.82, 2.24) is 0 Å². The van der Waals surface area contributed by atoms with Gasteiger partial charge in [-0.3, -0.25) is 9.59 Å². The Morgan fingerprint density at radius 3 is 2.96 bits per heavy atom. The summed E-state index contributed by atoms with van der Waals surface area (Å²) >= 11 is 0. The number of nitrogens with zero attached hydrogens (tertiary/aromatic N) is 3. The summed E-state index contributed by atoms with van der Waals surface area (Å²) in [7, 11) is 0. The normalized spacial score (nSPS) is 32.0. The van der Waals surface area contributed by atoms with Crippen LogP contribution in [0.3, 0.4) is 0 Å². The van der Waals surface area contributed by atoms with Gasteiger partial charge in [0.2, 0.25) is 0 Å². The number of esters is 3. The maximum absolute atomic E-state index is 11.9. The SMILES string of the molecule is C=C(N=[N+]=[N-])C(=O)OCCCC(=O)OC1C2CC3C(=O)OC1C3O2. The monoisotopic (exact) mass is 337 g/mol. The van der Waals surface area contributed by atoms with E-state index < -0.39 is 24.1 Å². The van der Waals surface area contributed by atoms with Crippen LogP contribution in [-0.4, -0.2) is 48.9 Å².